The lowest BCUT2D eigenvalue weighted by Crippen LogP contribution is -2.12. The van der Waals surface area contributed by atoms with Gasteiger partial charge in [-0.25, -0.2) is 0 Å². The lowest BCUT2D eigenvalue weighted by molar-refractivity contribution is -0.0880. The van der Waals surface area contributed by atoms with Crippen LogP contribution in [0.1, 0.15) is 0 Å². The van der Waals surface area contributed by atoms with Gasteiger partial charge in [0.25, 0.3) is 0 Å². The minimum absolute atomic E-state index is 0.0245. The summed E-state index contributed by atoms with van der Waals surface area (Å²) >= 11 is 0. The van der Waals surface area contributed by atoms with Gasteiger partial charge in [-0.05, 0) is 6.08 Å². The van der Waals surface area contributed by atoms with E-state index in [-0.39, 0.29) is 12.9 Å². The fourth-order valence-electron chi connectivity index (χ4n) is 0.768. The Morgan fingerprint density at radius 3 is 2.55 bits per heavy atom. The van der Waals surface area contributed by atoms with E-state index in [4.69, 9.17) is 14.6 Å². The molecule has 3 nitrogen and oxygen atoms in total. The topological polar surface area (TPSA) is 38.7 Å². The second-order valence-corrected chi connectivity index (χ2v) is 2.12. The molecular weight excluding hydrogens is 144 g/mol. The van der Waals surface area contributed by atoms with Gasteiger partial charge >= 0.3 is 0 Å². The lowest BCUT2D eigenvalue weighted by Gasteiger charge is -2.09. The van der Waals surface area contributed by atoms with Crippen LogP contribution in [-0.2, 0) is 9.47 Å². The van der Waals surface area contributed by atoms with E-state index in [1.165, 1.54) is 0 Å². The van der Waals surface area contributed by atoms with Gasteiger partial charge in [0.05, 0.1) is 19.8 Å². The van der Waals surface area contributed by atoms with Gasteiger partial charge in [0.15, 0.2) is 6.29 Å². The molecule has 1 rings (SSSR count). The Morgan fingerprint density at radius 1 is 1.36 bits per heavy atom. The summed E-state index contributed by atoms with van der Waals surface area (Å²) in [7, 11) is 0. The van der Waals surface area contributed by atoms with Crippen molar-refractivity contribution in [1.82, 2.24) is 0 Å². The van der Waals surface area contributed by atoms with Crippen molar-refractivity contribution in [2.24, 2.45) is 0 Å². The third kappa shape index (κ3) is 3.32. The molecule has 0 bridgehead atoms. The van der Waals surface area contributed by atoms with Crippen molar-refractivity contribution in [3.63, 3.8) is 0 Å². The molecule has 0 amide bonds. The molecule has 1 aliphatic heterocycles. The molecule has 0 fully saturated rings. The Hall–Kier alpha value is -0.640. The molecule has 0 atom stereocenters. The fourth-order valence-corrected chi connectivity index (χ4v) is 0.768. The van der Waals surface area contributed by atoms with E-state index in [1.807, 2.05) is 12.2 Å². The summed E-state index contributed by atoms with van der Waals surface area (Å²) in [6, 6.07) is 0. The van der Waals surface area contributed by atoms with Crippen molar-refractivity contribution < 1.29 is 14.6 Å². The highest BCUT2D eigenvalue weighted by atomic mass is 16.7. The molecule has 0 saturated carbocycles. The summed E-state index contributed by atoms with van der Waals surface area (Å²) in [4.78, 5) is 0. The minimum atomic E-state index is -0.308. The number of rotatable bonds is 2. The zero-order valence-corrected chi connectivity index (χ0v) is 6.27. The first-order valence-electron chi connectivity index (χ1n) is 3.59. The van der Waals surface area contributed by atoms with Crippen LogP contribution in [0.15, 0.2) is 24.3 Å². The Labute approximate surface area is 65.9 Å². The molecule has 1 aliphatic rings. The summed E-state index contributed by atoms with van der Waals surface area (Å²) in [6.45, 7) is 1.16. The fraction of sp³-hybridized carbons (Fsp3) is 0.500. The third-order valence-corrected chi connectivity index (χ3v) is 1.28. The summed E-state index contributed by atoms with van der Waals surface area (Å²) in [5.74, 6) is 0. The highest BCUT2D eigenvalue weighted by Crippen LogP contribution is 2.01. The third-order valence-electron chi connectivity index (χ3n) is 1.28. The maximum absolute atomic E-state index is 8.45. The van der Waals surface area contributed by atoms with Crippen LogP contribution in [0, 0.1) is 0 Å². The van der Waals surface area contributed by atoms with Gasteiger partial charge in [-0.1, -0.05) is 18.2 Å². The molecule has 11 heavy (non-hydrogen) atoms. The van der Waals surface area contributed by atoms with E-state index >= 15 is 0 Å². The first-order valence-corrected chi connectivity index (χ1v) is 3.59. The predicted octanol–water partition coefficient (Wildman–Crippen LogP) is 0.464. The van der Waals surface area contributed by atoms with Crippen LogP contribution < -0.4 is 0 Å². The summed E-state index contributed by atoms with van der Waals surface area (Å²) in [6.07, 6.45) is 6.82. The molecule has 0 aromatic rings. The highest BCUT2D eigenvalue weighted by molar-refractivity contribution is 4.90. The lowest BCUT2D eigenvalue weighted by atomic mass is 10.5. The molecule has 1 N–H and O–H groups in total. The number of aliphatic hydroxyl groups is 1. The monoisotopic (exact) mass is 156 g/mol. The number of ether oxygens (including phenoxy) is 2. The SMILES string of the molecule is OC/C=C\C1OCC=CCO1. The molecule has 0 radical (unpaired) electrons. The first kappa shape index (κ1) is 8.46. The van der Waals surface area contributed by atoms with Crippen molar-refractivity contribution in [3.8, 4) is 0 Å². The number of hydrogen-bond acceptors (Lipinski definition) is 3. The van der Waals surface area contributed by atoms with Crippen LogP contribution in [0.5, 0.6) is 0 Å². The van der Waals surface area contributed by atoms with Gasteiger partial charge in [0.1, 0.15) is 0 Å². The Balaban J connectivity index is 2.29. The van der Waals surface area contributed by atoms with Crippen molar-refractivity contribution in [1.29, 1.82) is 0 Å². The molecular formula is C8H12O3. The first-order chi connectivity index (χ1) is 5.43. The van der Waals surface area contributed by atoms with Gasteiger partial charge in [-0.3, -0.25) is 0 Å². The molecule has 0 aromatic heterocycles. The summed E-state index contributed by atoms with van der Waals surface area (Å²) in [5.41, 5.74) is 0. The molecule has 0 aliphatic carbocycles. The van der Waals surface area contributed by atoms with E-state index < -0.39 is 0 Å². The second-order valence-electron chi connectivity index (χ2n) is 2.12. The summed E-state index contributed by atoms with van der Waals surface area (Å²) < 4.78 is 10.4. The number of aliphatic hydroxyl groups excluding tert-OH is 1. The Bertz CT molecular complexity index is 141. The maximum atomic E-state index is 8.45. The van der Waals surface area contributed by atoms with Crippen LogP contribution in [0.3, 0.4) is 0 Å². The van der Waals surface area contributed by atoms with Gasteiger partial charge in [-0.15, -0.1) is 0 Å². The maximum Gasteiger partial charge on any atom is 0.177 e. The smallest absolute Gasteiger partial charge is 0.177 e. The van der Waals surface area contributed by atoms with Crippen LogP contribution in [0.25, 0.3) is 0 Å². The molecule has 62 valence electrons. The predicted molar refractivity (Wildman–Crippen MR) is 41.1 cm³/mol. The van der Waals surface area contributed by atoms with Crippen molar-refractivity contribution >= 4 is 0 Å². The average Bonchev–Trinajstić information content (AvgIpc) is 2.28. The molecule has 1 heterocycles. The molecule has 0 spiro atoms. The number of hydrogen-bond donors (Lipinski definition) is 1. The zero-order chi connectivity index (χ0) is 7.94. The van der Waals surface area contributed by atoms with E-state index in [1.54, 1.807) is 12.2 Å². The van der Waals surface area contributed by atoms with E-state index in [2.05, 4.69) is 0 Å². The van der Waals surface area contributed by atoms with Crippen LogP contribution in [0.2, 0.25) is 0 Å². The minimum Gasteiger partial charge on any atom is -0.392 e. The molecule has 0 saturated heterocycles. The molecule has 0 unspecified atom stereocenters. The van der Waals surface area contributed by atoms with Crippen LogP contribution in [0.4, 0.5) is 0 Å². The van der Waals surface area contributed by atoms with Crippen molar-refractivity contribution in [2.45, 2.75) is 6.29 Å². The van der Waals surface area contributed by atoms with E-state index in [9.17, 15) is 0 Å². The highest BCUT2D eigenvalue weighted by Gasteiger charge is 2.04. The average molecular weight is 156 g/mol. The Kier molecular flexibility index (Phi) is 3.90. The Morgan fingerprint density at radius 2 is 2.00 bits per heavy atom. The van der Waals surface area contributed by atoms with E-state index in [0.29, 0.717) is 13.2 Å². The van der Waals surface area contributed by atoms with Crippen LogP contribution >= 0.6 is 0 Å². The quantitative estimate of drug-likeness (QED) is 0.590. The molecule has 3 heteroatoms. The summed E-state index contributed by atoms with van der Waals surface area (Å²) in [5, 5.41) is 8.45. The van der Waals surface area contributed by atoms with Crippen molar-refractivity contribution in [3.05, 3.63) is 24.3 Å². The van der Waals surface area contributed by atoms with Gasteiger partial charge < -0.3 is 14.6 Å². The van der Waals surface area contributed by atoms with Gasteiger partial charge in [0.2, 0.25) is 0 Å². The van der Waals surface area contributed by atoms with E-state index in [0.717, 1.165) is 0 Å². The van der Waals surface area contributed by atoms with Crippen molar-refractivity contribution in [2.75, 3.05) is 19.8 Å². The van der Waals surface area contributed by atoms with Gasteiger partial charge in [-0.2, -0.15) is 0 Å². The largest absolute Gasteiger partial charge is 0.392 e. The van der Waals surface area contributed by atoms with Crippen LogP contribution in [-0.4, -0.2) is 31.2 Å². The normalized spacial score (nSPS) is 20.8. The van der Waals surface area contributed by atoms with Gasteiger partial charge in [0, 0.05) is 0 Å². The second kappa shape index (κ2) is 5.07. The zero-order valence-electron chi connectivity index (χ0n) is 6.27. The molecule has 0 aromatic carbocycles. The standard InChI is InChI=1S/C8H12O3/c9-5-3-4-8-10-6-1-2-7-11-8/h1-4,8-9H,5-7H2/b4-3-.